The molecule has 0 spiro atoms. The zero-order chi connectivity index (χ0) is 23.6. The molecule has 0 saturated carbocycles. The van der Waals surface area contributed by atoms with E-state index in [1.54, 1.807) is 15.2 Å². The molecule has 34 heavy (non-hydrogen) atoms. The van der Waals surface area contributed by atoms with E-state index in [9.17, 15) is 10.2 Å². The molecule has 10 nitrogen and oxygen atoms in total. The molecule has 4 aromatic rings. The number of pyridine rings is 2. The van der Waals surface area contributed by atoms with Crippen LogP contribution in [0.1, 0.15) is 36.6 Å². The molecule has 0 fully saturated rings. The predicted octanol–water partition coefficient (Wildman–Crippen LogP) is 1.77. The molecule has 4 rings (SSSR count). The second-order valence-corrected chi connectivity index (χ2v) is 7.71. The normalized spacial score (nSPS) is 11.2. The van der Waals surface area contributed by atoms with Crippen molar-refractivity contribution in [1.82, 2.24) is 29.1 Å². The molecular weight excluding hydrogens is 619 g/mol. The molecular formula is C23H24N6O4Pt. The monoisotopic (exact) mass is 643 g/mol. The van der Waals surface area contributed by atoms with Crippen LogP contribution in [0.25, 0.3) is 11.6 Å². The first-order chi connectivity index (χ1) is 15.9. The van der Waals surface area contributed by atoms with Crippen LogP contribution in [-0.2, 0) is 39.7 Å². The Bertz CT molecular complexity index is 1170. The fraction of sp³-hybridized carbons (Fsp3) is 0.304. The van der Waals surface area contributed by atoms with Crippen LogP contribution < -0.4 is 9.47 Å². The van der Waals surface area contributed by atoms with Crippen molar-refractivity contribution in [2.75, 3.05) is 14.2 Å². The Morgan fingerprint density at radius 3 is 1.97 bits per heavy atom. The molecule has 0 aliphatic heterocycles. The Labute approximate surface area is 211 Å². The molecule has 180 valence electrons. The first kappa shape index (κ1) is 25.5. The molecule has 0 aromatic carbocycles. The molecule has 0 aliphatic rings. The topological polar surface area (TPSA) is 120 Å². The summed E-state index contributed by atoms with van der Waals surface area (Å²) in [7, 11) is 3.04. The number of imidazole rings is 2. The van der Waals surface area contributed by atoms with E-state index in [1.807, 2.05) is 44.2 Å². The second-order valence-electron chi connectivity index (χ2n) is 7.71. The van der Waals surface area contributed by atoms with E-state index in [4.69, 9.17) is 19.4 Å². The Hall–Kier alpha value is -3.07. The van der Waals surface area contributed by atoms with Crippen LogP contribution in [0, 0.1) is 12.7 Å². The van der Waals surface area contributed by atoms with Gasteiger partial charge in [-0.3, -0.25) is 9.97 Å². The minimum atomic E-state index is -0.580. The largest absolute Gasteiger partial charge is 2.00 e. The van der Waals surface area contributed by atoms with Crippen molar-refractivity contribution in [3.63, 3.8) is 0 Å². The third-order valence-electron chi connectivity index (χ3n) is 5.42. The Morgan fingerprint density at radius 1 is 0.853 bits per heavy atom. The summed E-state index contributed by atoms with van der Waals surface area (Å²) in [6, 6.07) is 11.2. The molecule has 0 saturated heterocycles. The van der Waals surface area contributed by atoms with E-state index in [-0.39, 0.29) is 34.3 Å². The summed E-state index contributed by atoms with van der Waals surface area (Å²) >= 11 is 0. The number of hydrogen-bond donors (Lipinski definition) is 2. The van der Waals surface area contributed by atoms with E-state index in [1.165, 1.54) is 14.2 Å². The molecule has 4 heterocycles. The summed E-state index contributed by atoms with van der Waals surface area (Å²) in [5.41, 5.74) is 1.74. The first-order valence-electron chi connectivity index (χ1n) is 10.2. The van der Waals surface area contributed by atoms with Crippen LogP contribution >= 0.6 is 0 Å². The summed E-state index contributed by atoms with van der Waals surface area (Å²) in [5.74, 6) is 1.81. The average molecular weight is 644 g/mol. The zero-order valence-electron chi connectivity index (χ0n) is 19.1. The number of ether oxygens (including phenoxy) is 2. The van der Waals surface area contributed by atoms with E-state index >= 15 is 0 Å². The fourth-order valence-electron chi connectivity index (χ4n) is 3.52. The van der Waals surface area contributed by atoms with Gasteiger partial charge in [0.05, 0.1) is 25.9 Å². The summed E-state index contributed by atoms with van der Waals surface area (Å²) in [5, 5.41) is 19.2. The van der Waals surface area contributed by atoms with Gasteiger partial charge >= 0.3 is 21.1 Å². The minimum Gasteiger partial charge on any atom is -0.528 e. The number of rotatable bonds is 8. The van der Waals surface area contributed by atoms with Gasteiger partial charge in [-0.05, 0) is 37.4 Å². The van der Waals surface area contributed by atoms with Gasteiger partial charge in [0, 0.05) is 42.7 Å². The summed E-state index contributed by atoms with van der Waals surface area (Å²) in [6.45, 7) is 3.45. The quantitative estimate of drug-likeness (QED) is 0.279. The molecule has 0 aliphatic carbocycles. The van der Waals surface area contributed by atoms with E-state index in [0.29, 0.717) is 34.8 Å². The van der Waals surface area contributed by atoms with Crippen LogP contribution in [-0.4, -0.2) is 53.5 Å². The van der Waals surface area contributed by atoms with Crippen LogP contribution in [0.3, 0.4) is 0 Å². The number of nitrogens with zero attached hydrogens (tertiary/aromatic N) is 6. The summed E-state index contributed by atoms with van der Waals surface area (Å²) < 4.78 is 13.8. The maximum absolute atomic E-state index is 9.73. The van der Waals surface area contributed by atoms with Crippen molar-refractivity contribution in [2.45, 2.75) is 32.5 Å². The molecule has 2 N–H and O–H groups in total. The van der Waals surface area contributed by atoms with Crippen molar-refractivity contribution in [3.05, 3.63) is 71.8 Å². The Kier molecular flexibility index (Phi) is 7.86. The molecule has 4 aromatic heterocycles. The van der Waals surface area contributed by atoms with Crippen molar-refractivity contribution in [1.29, 1.82) is 0 Å². The molecule has 0 bridgehead atoms. The van der Waals surface area contributed by atoms with Crippen molar-refractivity contribution in [3.8, 4) is 23.4 Å². The van der Waals surface area contributed by atoms with Crippen LogP contribution in [0.15, 0.2) is 36.4 Å². The van der Waals surface area contributed by atoms with Crippen LogP contribution in [0.2, 0.25) is 0 Å². The number of aliphatic hydroxyl groups excluding tert-OH is 2. The number of aliphatic hydroxyl groups is 2. The standard InChI is InChI=1S/C23H24N6O4.Pt/c1-23(2,17-7-5-9-19(26-17)28-13-24-15(11-30)16(28)12-31)18-8-6-10-20(27-18)29-14-25-21(32-3)22(29)33-4;/h5-10,30-31H,11-12H2,1-4H3;/q-2;+2. The van der Waals surface area contributed by atoms with Gasteiger partial charge in [-0.2, -0.15) is 0 Å². The van der Waals surface area contributed by atoms with E-state index in [0.717, 1.165) is 11.4 Å². The van der Waals surface area contributed by atoms with Crippen molar-refractivity contribution >= 4 is 0 Å². The first-order valence-corrected chi connectivity index (χ1v) is 10.2. The smallest absolute Gasteiger partial charge is 0.528 e. The number of hydrogen-bond acceptors (Lipinski definition) is 8. The van der Waals surface area contributed by atoms with Crippen LogP contribution in [0.5, 0.6) is 11.8 Å². The maximum atomic E-state index is 9.73. The molecule has 0 unspecified atom stereocenters. The SMILES string of the molecule is COc1n[c-]n(-c2cccc(C(C)(C)c3cccc(-n4[c-]nc(CO)c4CO)n3)n2)c1OC.[Pt+2]. The van der Waals surface area contributed by atoms with Gasteiger partial charge in [-0.15, -0.1) is 0 Å². The summed E-state index contributed by atoms with van der Waals surface area (Å²) in [6.07, 6.45) is 5.63. The zero-order valence-corrected chi connectivity index (χ0v) is 21.4. The second kappa shape index (κ2) is 10.5. The third-order valence-corrected chi connectivity index (χ3v) is 5.42. The number of methoxy groups -OCH3 is 2. The molecule has 0 radical (unpaired) electrons. The average Bonchev–Trinajstić information content (AvgIpc) is 3.47. The van der Waals surface area contributed by atoms with Gasteiger partial charge in [-0.25, -0.2) is 0 Å². The van der Waals surface area contributed by atoms with Gasteiger partial charge in [0.2, 0.25) is 0 Å². The number of aromatic nitrogens is 6. The predicted molar refractivity (Wildman–Crippen MR) is 117 cm³/mol. The van der Waals surface area contributed by atoms with Gasteiger partial charge < -0.3 is 38.8 Å². The summed E-state index contributed by atoms with van der Waals surface area (Å²) in [4.78, 5) is 17.7. The molecule has 0 atom stereocenters. The van der Waals surface area contributed by atoms with E-state index < -0.39 is 5.41 Å². The third kappa shape index (κ3) is 4.49. The van der Waals surface area contributed by atoms with Gasteiger partial charge in [0.25, 0.3) is 0 Å². The van der Waals surface area contributed by atoms with Gasteiger partial charge in [-0.1, -0.05) is 24.3 Å². The van der Waals surface area contributed by atoms with Crippen LogP contribution in [0.4, 0.5) is 0 Å². The fourth-order valence-corrected chi connectivity index (χ4v) is 3.52. The Morgan fingerprint density at radius 2 is 1.44 bits per heavy atom. The minimum absolute atomic E-state index is 0. The van der Waals surface area contributed by atoms with E-state index in [2.05, 4.69) is 22.6 Å². The maximum Gasteiger partial charge on any atom is 2.00 e. The molecule has 11 heteroatoms. The van der Waals surface area contributed by atoms with Gasteiger partial charge in [0.1, 0.15) is 5.88 Å². The Balaban J connectivity index is 0.00000324. The van der Waals surface area contributed by atoms with Crippen molar-refractivity contribution in [2.24, 2.45) is 0 Å². The van der Waals surface area contributed by atoms with Gasteiger partial charge in [0.15, 0.2) is 5.88 Å². The molecule has 0 amide bonds. The van der Waals surface area contributed by atoms with Crippen molar-refractivity contribution < 1.29 is 40.8 Å².